The first kappa shape index (κ1) is 21.3. The van der Waals surface area contributed by atoms with E-state index in [9.17, 15) is 9.59 Å². The highest BCUT2D eigenvalue weighted by molar-refractivity contribution is 6.30. The summed E-state index contributed by atoms with van der Waals surface area (Å²) < 4.78 is 0. The van der Waals surface area contributed by atoms with Crippen molar-refractivity contribution in [3.05, 3.63) is 59.1 Å². The quantitative estimate of drug-likeness (QED) is 0.694. The standard InChI is InChI=1S/C22H27ClN4O2/c1-26(16-22(29)25-20-10-6-18(23)7-11-20)15-21(28)24-19-8-4-17(5-9-19)14-27-12-2-3-13-27/h4-11H,2-3,12-16H2,1H3,(H,24,28)(H,25,29). The van der Waals surface area contributed by atoms with Crippen LogP contribution in [0, 0.1) is 0 Å². The highest BCUT2D eigenvalue weighted by Crippen LogP contribution is 2.15. The number of rotatable bonds is 8. The van der Waals surface area contributed by atoms with E-state index >= 15 is 0 Å². The minimum absolute atomic E-state index is 0.116. The van der Waals surface area contributed by atoms with Gasteiger partial charge in [0.05, 0.1) is 13.1 Å². The summed E-state index contributed by atoms with van der Waals surface area (Å²) in [5, 5.41) is 6.28. The zero-order valence-electron chi connectivity index (χ0n) is 16.7. The Morgan fingerprint density at radius 1 is 0.897 bits per heavy atom. The Hall–Kier alpha value is -2.41. The average molecular weight is 415 g/mol. The van der Waals surface area contributed by atoms with Crippen LogP contribution in [0.15, 0.2) is 48.5 Å². The largest absolute Gasteiger partial charge is 0.325 e. The van der Waals surface area contributed by atoms with E-state index in [4.69, 9.17) is 11.6 Å². The molecule has 0 spiro atoms. The highest BCUT2D eigenvalue weighted by atomic mass is 35.5. The molecule has 1 saturated heterocycles. The molecule has 2 amide bonds. The minimum Gasteiger partial charge on any atom is -0.325 e. The predicted octanol–water partition coefficient (Wildman–Crippen LogP) is 3.44. The lowest BCUT2D eigenvalue weighted by molar-refractivity contribution is -0.119. The van der Waals surface area contributed by atoms with Crippen molar-refractivity contribution in [2.24, 2.45) is 0 Å². The van der Waals surface area contributed by atoms with Crippen LogP contribution < -0.4 is 10.6 Å². The number of nitrogens with zero attached hydrogens (tertiary/aromatic N) is 2. The fourth-order valence-corrected chi connectivity index (χ4v) is 3.50. The third-order valence-electron chi connectivity index (χ3n) is 4.80. The summed E-state index contributed by atoms with van der Waals surface area (Å²) in [6.45, 7) is 3.53. The van der Waals surface area contributed by atoms with E-state index in [0.29, 0.717) is 10.7 Å². The van der Waals surface area contributed by atoms with E-state index in [2.05, 4.69) is 27.7 Å². The third kappa shape index (κ3) is 7.16. The van der Waals surface area contributed by atoms with Gasteiger partial charge in [0.25, 0.3) is 0 Å². The van der Waals surface area contributed by atoms with Crippen LogP contribution in [-0.2, 0) is 16.1 Å². The average Bonchev–Trinajstić information content (AvgIpc) is 3.18. The lowest BCUT2D eigenvalue weighted by Gasteiger charge is -2.17. The van der Waals surface area contributed by atoms with Crippen molar-refractivity contribution >= 4 is 34.8 Å². The fourth-order valence-electron chi connectivity index (χ4n) is 3.37. The van der Waals surface area contributed by atoms with Gasteiger partial charge in [0.2, 0.25) is 11.8 Å². The first-order valence-electron chi connectivity index (χ1n) is 9.83. The van der Waals surface area contributed by atoms with Gasteiger partial charge in [-0.25, -0.2) is 0 Å². The van der Waals surface area contributed by atoms with Crippen molar-refractivity contribution in [2.45, 2.75) is 19.4 Å². The number of carbonyl (C=O) groups is 2. The molecule has 154 valence electrons. The number of benzene rings is 2. The minimum atomic E-state index is -0.186. The Balaban J connectivity index is 1.40. The maximum absolute atomic E-state index is 12.3. The molecule has 6 nitrogen and oxygen atoms in total. The molecule has 1 aliphatic rings. The summed E-state index contributed by atoms with van der Waals surface area (Å²) in [7, 11) is 1.74. The number of amides is 2. The van der Waals surface area contributed by atoms with Crippen LogP contribution in [0.25, 0.3) is 0 Å². The molecule has 0 atom stereocenters. The monoisotopic (exact) mass is 414 g/mol. The van der Waals surface area contributed by atoms with Crippen molar-refractivity contribution in [1.29, 1.82) is 0 Å². The van der Waals surface area contributed by atoms with Crippen LogP contribution in [0.3, 0.4) is 0 Å². The molecule has 1 fully saturated rings. The molecule has 2 aromatic rings. The van der Waals surface area contributed by atoms with E-state index in [1.807, 2.05) is 12.1 Å². The number of likely N-dealkylation sites (tertiary alicyclic amines) is 1. The van der Waals surface area contributed by atoms with Crippen LogP contribution in [0.5, 0.6) is 0 Å². The summed E-state index contributed by atoms with van der Waals surface area (Å²) in [6.07, 6.45) is 2.55. The summed E-state index contributed by atoms with van der Waals surface area (Å²) in [5.74, 6) is -0.340. The van der Waals surface area contributed by atoms with E-state index < -0.39 is 0 Å². The van der Waals surface area contributed by atoms with Gasteiger partial charge < -0.3 is 10.6 Å². The lowest BCUT2D eigenvalue weighted by atomic mass is 10.2. The fraction of sp³-hybridized carbons (Fsp3) is 0.364. The van der Waals surface area contributed by atoms with Crippen LogP contribution in [-0.4, -0.2) is 54.8 Å². The molecule has 1 heterocycles. The number of nitrogens with one attached hydrogen (secondary N) is 2. The molecular formula is C22H27ClN4O2. The van der Waals surface area contributed by atoms with E-state index in [0.717, 1.165) is 25.3 Å². The van der Waals surface area contributed by atoms with Crippen LogP contribution in [0.2, 0.25) is 5.02 Å². The number of hydrogen-bond donors (Lipinski definition) is 2. The van der Waals surface area contributed by atoms with Gasteiger partial charge in [-0.15, -0.1) is 0 Å². The summed E-state index contributed by atoms with van der Waals surface area (Å²) in [5.41, 5.74) is 2.69. The molecule has 29 heavy (non-hydrogen) atoms. The molecule has 3 rings (SSSR count). The van der Waals surface area contributed by atoms with Crippen molar-refractivity contribution in [3.63, 3.8) is 0 Å². The zero-order valence-corrected chi connectivity index (χ0v) is 17.4. The topological polar surface area (TPSA) is 64.7 Å². The summed E-state index contributed by atoms with van der Waals surface area (Å²) in [4.78, 5) is 28.5. The molecule has 7 heteroatoms. The smallest absolute Gasteiger partial charge is 0.238 e. The van der Waals surface area contributed by atoms with Crippen molar-refractivity contribution < 1.29 is 9.59 Å². The molecule has 0 unspecified atom stereocenters. The van der Waals surface area contributed by atoms with E-state index in [1.54, 1.807) is 36.2 Å². The first-order valence-corrected chi connectivity index (χ1v) is 10.2. The van der Waals surface area contributed by atoms with Gasteiger partial charge in [0.1, 0.15) is 0 Å². The third-order valence-corrected chi connectivity index (χ3v) is 5.05. The molecule has 0 bridgehead atoms. The molecule has 2 aromatic carbocycles. The first-order chi connectivity index (χ1) is 14.0. The normalized spacial score (nSPS) is 14.2. The highest BCUT2D eigenvalue weighted by Gasteiger charge is 2.13. The molecule has 0 saturated carbocycles. The van der Waals surface area contributed by atoms with Gasteiger partial charge in [-0.3, -0.25) is 19.4 Å². The second-order valence-corrected chi connectivity index (χ2v) is 7.89. The maximum Gasteiger partial charge on any atom is 0.238 e. The van der Waals surface area contributed by atoms with Crippen molar-refractivity contribution in [1.82, 2.24) is 9.80 Å². The van der Waals surface area contributed by atoms with Gasteiger partial charge in [0.15, 0.2) is 0 Å². The molecule has 0 aromatic heterocycles. The van der Waals surface area contributed by atoms with Crippen LogP contribution in [0.1, 0.15) is 18.4 Å². The van der Waals surface area contributed by atoms with Crippen molar-refractivity contribution in [3.8, 4) is 0 Å². The Morgan fingerprint density at radius 3 is 1.90 bits per heavy atom. The molecule has 1 aliphatic heterocycles. The Bertz CT molecular complexity index is 818. The van der Waals surface area contributed by atoms with Crippen molar-refractivity contribution in [2.75, 3.05) is 43.9 Å². The SMILES string of the molecule is CN(CC(=O)Nc1ccc(Cl)cc1)CC(=O)Nc1ccc(CN2CCCC2)cc1. The number of halogens is 1. The lowest BCUT2D eigenvalue weighted by Crippen LogP contribution is -2.36. The second-order valence-electron chi connectivity index (χ2n) is 7.46. The van der Waals surface area contributed by atoms with E-state index in [-0.39, 0.29) is 24.9 Å². The predicted molar refractivity (Wildman–Crippen MR) is 117 cm³/mol. The van der Waals surface area contributed by atoms with Gasteiger partial charge in [0, 0.05) is 22.9 Å². The van der Waals surface area contributed by atoms with Gasteiger partial charge in [-0.2, -0.15) is 0 Å². The summed E-state index contributed by atoms with van der Waals surface area (Å²) >= 11 is 5.84. The number of likely N-dealkylation sites (N-methyl/N-ethyl adjacent to an activating group) is 1. The van der Waals surface area contributed by atoms with Crippen LogP contribution in [0.4, 0.5) is 11.4 Å². The van der Waals surface area contributed by atoms with Crippen LogP contribution >= 0.6 is 11.6 Å². The summed E-state index contributed by atoms with van der Waals surface area (Å²) in [6, 6.07) is 14.9. The molecule has 0 aliphatic carbocycles. The molecular weight excluding hydrogens is 388 g/mol. The second kappa shape index (κ2) is 10.4. The van der Waals surface area contributed by atoms with Gasteiger partial charge in [-0.1, -0.05) is 23.7 Å². The molecule has 2 N–H and O–H groups in total. The van der Waals surface area contributed by atoms with E-state index in [1.165, 1.54) is 18.4 Å². The molecule has 0 radical (unpaired) electrons. The van der Waals surface area contributed by atoms with Gasteiger partial charge >= 0.3 is 0 Å². The Labute approximate surface area is 176 Å². The maximum atomic E-state index is 12.3. The number of carbonyl (C=O) groups excluding carboxylic acids is 2. The zero-order chi connectivity index (χ0) is 20.6. The van der Waals surface area contributed by atoms with Gasteiger partial charge in [-0.05, 0) is 74.9 Å². The number of anilines is 2. The number of hydrogen-bond acceptors (Lipinski definition) is 4. The Kier molecular flexibility index (Phi) is 7.63. The Morgan fingerprint density at radius 2 is 1.38 bits per heavy atom.